The molecule has 0 aromatic rings. The van der Waals surface area contributed by atoms with E-state index in [1.54, 1.807) is 0 Å². The Morgan fingerprint density at radius 3 is 1.24 bits per heavy atom. The molecule has 12 nitrogen and oxygen atoms in total. The summed E-state index contributed by atoms with van der Waals surface area (Å²) in [5, 5.41) is 0. The van der Waals surface area contributed by atoms with Crippen LogP contribution in [0.4, 0.5) is 0 Å². The summed E-state index contributed by atoms with van der Waals surface area (Å²) >= 11 is 0. The van der Waals surface area contributed by atoms with E-state index in [0.717, 1.165) is 93.4 Å². The van der Waals surface area contributed by atoms with Crippen LogP contribution in [0.3, 0.4) is 0 Å². The topological polar surface area (TPSA) is 111 Å². The van der Waals surface area contributed by atoms with Gasteiger partial charge in [-0.2, -0.15) is 0 Å². The van der Waals surface area contributed by atoms with Crippen LogP contribution in [-0.2, 0) is 51.9 Å². The third-order valence-electron chi connectivity index (χ3n) is 16.7. The molecule has 0 spiro atoms. The van der Waals surface area contributed by atoms with Crippen molar-refractivity contribution in [2.45, 2.75) is 243 Å². The average molecular weight is 1120 g/mol. The molecule has 4 saturated carbocycles. The first-order valence-corrected chi connectivity index (χ1v) is 47.1. The number of hydrogen-bond donors (Lipinski definition) is 0. The molecule has 0 aromatic carbocycles. The quantitative estimate of drug-likeness (QED) is 0.0467. The summed E-state index contributed by atoms with van der Waals surface area (Å²) < 4.78 is 77.3. The van der Waals surface area contributed by atoms with Gasteiger partial charge in [-0.25, -0.2) is 0 Å². The second-order valence-electron chi connectivity index (χ2n) is 23.3. The van der Waals surface area contributed by atoms with Crippen molar-refractivity contribution in [1.82, 2.24) is 0 Å². The van der Waals surface area contributed by atoms with Gasteiger partial charge in [-0.1, -0.05) is 44.6 Å². The molecule has 6 aliphatic rings. The van der Waals surface area contributed by atoms with Crippen LogP contribution in [0.1, 0.15) is 154 Å². The highest BCUT2D eigenvalue weighted by Crippen LogP contribution is 2.40. The van der Waals surface area contributed by atoms with Crippen LogP contribution >= 0.6 is 0 Å². The Morgan fingerprint density at radius 2 is 0.786 bits per heavy atom. The Hall–Kier alpha value is 0.995. The maximum absolute atomic E-state index is 7.12. The minimum absolute atomic E-state index is 0.389. The van der Waals surface area contributed by atoms with Gasteiger partial charge in [0, 0.05) is 26.4 Å². The standard InChI is InChI=1S/C50H104O12Si8/c1-10-33-52-48-27-21-45(22-28-48)41-44-19-17-43(18-20-44)16-11-12-34-51-35-13-39-69(8)60-66(5)57-67(6)61-70(9,62-69)40-15-37-54-50-31-25-47(26-32-50)42-46-23-29-49(30-24-46)53-36-14-38-68(7)58-64(3)55-63(2)56-65(4)59-68/h10,43-50,63-67H,1,11-42H2,2-9H3. The molecule has 0 N–H and O–H groups in total. The zero-order valence-electron chi connectivity index (χ0n) is 45.8. The predicted molar refractivity (Wildman–Crippen MR) is 302 cm³/mol. The van der Waals surface area contributed by atoms with Gasteiger partial charge in [-0.3, -0.25) is 0 Å². The summed E-state index contributed by atoms with van der Waals surface area (Å²) in [6, 6.07) is 2.82. The normalized spacial score (nSPS) is 40.4. The Morgan fingerprint density at radius 1 is 0.429 bits per heavy atom. The van der Waals surface area contributed by atoms with Crippen molar-refractivity contribution in [2.75, 3.05) is 33.0 Å². The fraction of sp³-hybridized carbons (Fsp3) is 0.960. The van der Waals surface area contributed by atoms with Crippen LogP contribution in [0.25, 0.3) is 0 Å². The molecular formula is C50H104O12Si8. The lowest BCUT2D eigenvalue weighted by molar-refractivity contribution is 0.00432. The van der Waals surface area contributed by atoms with E-state index in [1.807, 2.05) is 6.08 Å². The van der Waals surface area contributed by atoms with Gasteiger partial charge in [0.1, 0.15) is 0 Å². The molecule has 6 atom stereocenters. The lowest BCUT2D eigenvalue weighted by atomic mass is 9.74. The van der Waals surface area contributed by atoms with E-state index in [9.17, 15) is 0 Å². The highest BCUT2D eigenvalue weighted by Gasteiger charge is 2.47. The Kier molecular flexibility index (Phi) is 27.0. The Balaban J connectivity index is 0.773. The maximum atomic E-state index is 7.12. The molecule has 408 valence electrons. The van der Waals surface area contributed by atoms with Gasteiger partial charge < -0.3 is 51.9 Å². The summed E-state index contributed by atoms with van der Waals surface area (Å²) in [6.07, 6.45) is 33.7. The largest absolute Gasteiger partial charge is 0.420 e. The molecule has 6 rings (SSSR count). The van der Waals surface area contributed by atoms with E-state index in [4.69, 9.17) is 51.9 Å². The van der Waals surface area contributed by atoms with Crippen molar-refractivity contribution in [3.05, 3.63) is 12.7 Å². The SMILES string of the molecule is C=CCOC1CCC(CC2CCC(CCCCOCCC[Si]3(C)O[SiH](C)O[SiH](C)O[Si](C)(CCCOC4CCC(CC5CCC(OCCC[Si]6(C)O[SiH](C)O[SiH](C)O[SiH](C)O6)CC5)CC4)O3)CC2)CC1. The molecule has 70 heavy (non-hydrogen) atoms. The van der Waals surface area contributed by atoms with E-state index < -0.39 is 72.1 Å². The Labute approximate surface area is 439 Å². The summed E-state index contributed by atoms with van der Waals surface area (Å²) in [4.78, 5) is 0. The van der Waals surface area contributed by atoms with Crippen LogP contribution in [-0.4, -0.2) is 123 Å². The van der Waals surface area contributed by atoms with Crippen molar-refractivity contribution in [3.63, 3.8) is 0 Å². The summed E-state index contributed by atoms with van der Waals surface area (Å²) in [5.41, 5.74) is 0. The molecule has 6 fully saturated rings. The molecule has 2 heterocycles. The molecular weight excluding hydrogens is 1020 g/mol. The van der Waals surface area contributed by atoms with E-state index in [0.29, 0.717) is 24.9 Å². The third kappa shape index (κ3) is 22.5. The van der Waals surface area contributed by atoms with Crippen molar-refractivity contribution in [2.24, 2.45) is 29.6 Å². The first kappa shape index (κ1) is 60.2. The molecule has 4 aliphatic carbocycles. The van der Waals surface area contributed by atoms with Crippen molar-refractivity contribution >= 4 is 72.1 Å². The second kappa shape index (κ2) is 31.4. The number of rotatable bonds is 26. The fourth-order valence-corrected chi connectivity index (χ4v) is 45.4. The van der Waals surface area contributed by atoms with E-state index in [-0.39, 0.29) is 0 Å². The Bertz CT molecular complexity index is 1420. The smallest absolute Gasteiger partial charge is 0.317 e. The maximum Gasteiger partial charge on any atom is 0.317 e. The summed E-state index contributed by atoms with van der Waals surface area (Å²) in [6.45, 7) is 25.1. The lowest BCUT2D eigenvalue weighted by Gasteiger charge is -2.43. The second-order valence-corrected chi connectivity index (χ2v) is 45.1. The van der Waals surface area contributed by atoms with Gasteiger partial charge in [-0.05, 0) is 216 Å². The van der Waals surface area contributed by atoms with Crippen molar-refractivity contribution in [3.8, 4) is 0 Å². The molecule has 2 saturated heterocycles. The number of hydrogen-bond acceptors (Lipinski definition) is 12. The van der Waals surface area contributed by atoms with Gasteiger partial charge in [-0.15, -0.1) is 6.58 Å². The van der Waals surface area contributed by atoms with Gasteiger partial charge in [0.15, 0.2) is 0 Å². The molecule has 0 aromatic heterocycles. The zero-order chi connectivity index (χ0) is 49.8. The molecule has 2 aliphatic heterocycles. The van der Waals surface area contributed by atoms with E-state index >= 15 is 0 Å². The van der Waals surface area contributed by atoms with Crippen LogP contribution in [0.5, 0.6) is 0 Å². The van der Waals surface area contributed by atoms with Crippen molar-refractivity contribution < 1.29 is 51.9 Å². The third-order valence-corrected chi connectivity index (χ3v) is 46.4. The highest BCUT2D eigenvalue weighted by atomic mass is 28.5. The number of unbranched alkanes of at least 4 members (excludes halogenated alkanes) is 1. The average Bonchev–Trinajstić information content (AvgIpc) is 3.30. The first-order chi connectivity index (χ1) is 33.7. The predicted octanol–water partition coefficient (Wildman–Crippen LogP) is 11.5. The van der Waals surface area contributed by atoms with Crippen LogP contribution < -0.4 is 0 Å². The highest BCUT2D eigenvalue weighted by molar-refractivity contribution is 6.87. The van der Waals surface area contributed by atoms with Gasteiger partial charge in [0.05, 0.1) is 24.9 Å². The minimum Gasteiger partial charge on any atom is -0.420 e. The van der Waals surface area contributed by atoms with Gasteiger partial charge in [0.2, 0.25) is 0 Å². The molecule has 0 bridgehead atoms. The van der Waals surface area contributed by atoms with Crippen LogP contribution in [0, 0.1) is 29.6 Å². The van der Waals surface area contributed by atoms with Gasteiger partial charge in [0.25, 0.3) is 46.4 Å². The first-order valence-electron chi connectivity index (χ1n) is 29.1. The number of ether oxygens (including phenoxy) is 4. The minimum atomic E-state index is -2.49. The van der Waals surface area contributed by atoms with E-state index in [2.05, 4.69) is 59.0 Å². The van der Waals surface area contributed by atoms with Crippen LogP contribution in [0.15, 0.2) is 12.7 Å². The van der Waals surface area contributed by atoms with E-state index in [1.165, 1.54) is 135 Å². The fourth-order valence-electron chi connectivity index (χ4n) is 13.3. The summed E-state index contributed by atoms with van der Waals surface area (Å²) in [5.74, 6) is 4.50. The van der Waals surface area contributed by atoms with Crippen molar-refractivity contribution in [1.29, 1.82) is 0 Å². The molecule has 6 unspecified atom stereocenters. The van der Waals surface area contributed by atoms with Crippen LogP contribution in [0.2, 0.25) is 70.5 Å². The molecule has 0 amide bonds. The van der Waals surface area contributed by atoms with Gasteiger partial charge >= 0.3 is 25.7 Å². The summed E-state index contributed by atoms with van der Waals surface area (Å²) in [7, 11) is -15.8. The molecule has 20 heteroatoms. The monoisotopic (exact) mass is 1120 g/mol. The zero-order valence-corrected chi connectivity index (χ0v) is 54.6. The molecule has 0 radical (unpaired) electrons. The lowest BCUT2D eigenvalue weighted by Crippen LogP contribution is -2.59.